The molecule has 25 heavy (non-hydrogen) atoms. The van der Waals surface area contributed by atoms with Crippen LogP contribution < -0.4 is 5.32 Å². The molecule has 0 aromatic rings. The maximum absolute atomic E-state index is 11.3. The molecule has 0 radical (unpaired) electrons. The molecule has 10 atom stereocenters. The van der Waals surface area contributed by atoms with Crippen LogP contribution in [0.1, 0.15) is 13.8 Å². The van der Waals surface area contributed by atoms with Crippen LogP contribution in [0.2, 0.25) is 0 Å². The Morgan fingerprint density at radius 3 is 2.24 bits per heavy atom. The Morgan fingerprint density at radius 1 is 1.04 bits per heavy atom. The Morgan fingerprint density at radius 2 is 1.68 bits per heavy atom. The van der Waals surface area contributed by atoms with Gasteiger partial charge in [0.2, 0.25) is 5.91 Å². The van der Waals surface area contributed by atoms with Gasteiger partial charge in [-0.3, -0.25) is 4.79 Å². The van der Waals surface area contributed by atoms with Crippen molar-refractivity contribution in [3.05, 3.63) is 0 Å². The Bertz CT molecular complexity index is 465. The van der Waals surface area contributed by atoms with Gasteiger partial charge in [0.1, 0.15) is 42.7 Å². The monoisotopic (exact) mass is 367 g/mol. The SMILES string of the molecule is CC(=O)N[C@@H]1[C@@H](O[C@@H]2O[C@@H](C)[C@H](O)[C@@H](O)[C@H]2O)[C@H](O)[C@@H](CO)O[C@@H]1O. The summed E-state index contributed by atoms with van der Waals surface area (Å²) in [7, 11) is 0. The molecular weight excluding hydrogens is 342 g/mol. The molecule has 0 aromatic heterocycles. The third-order valence-electron chi connectivity index (χ3n) is 4.34. The van der Waals surface area contributed by atoms with Gasteiger partial charge in [-0.05, 0) is 6.92 Å². The quantitative estimate of drug-likeness (QED) is 0.257. The number of ether oxygens (including phenoxy) is 3. The van der Waals surface area contributed by atoms with Crippen molar-refractivity contribution in [3.8, 4) is 0 Å². The lowest BCUT2D eigenvalue weighted by Crippen LogP contribution is -2.67. The topological polar surface area (TPSA) is 178 Å². The lowest BCUT2D eigenvalue weighted by atomic mass is 9.95. The molecule has 2 saturated heterocycles. The number of hydrogen-bond acceptors (Lipinski definition) is 10. The predicted molar refractivity (Wildman–Crippen MR) is 78.8 cm³/mol. The molecule has 0 spiro atoms. The van der Waals surface area contributed by atoms with Crippen LogP contribution in [0, 0.1) is 0 Å². The fraction of sp³-hybridized carbons (Fsp3) is 0.929. The van der Waals surface area contributed by atoms with Crippen molar-refractivity contribution in [3.63, 3.8) is 0 Å². The summed E-state index contributed by atoms with van der Waals surface area (Å²) in [5, 5.41) is 61.5. The first-order valence-corrected chi connectivity index (χ1v) is 7.92. The molecule has 2 aliphatic rings. The third-order valence-corrected chi connectivity index (χ3v) is 4.34. The summed E-state index contributed by atoms with van der Waals surface area (Å²) in [6, 6.07) is -1.22. The first-order chi connectivity index (χ1) is 11.7. The molecule has 0 bridgehead atoms. The van der Waals surface area contributed by atoms with Crippen molar-refractivity contribution < 1.29 is 49.6 Å². The number of hydrogen-bond donors (Lipinski definition) is 7. The average molecular weight is 367 g/mol. The van der Waals surface area contributed by atoms with Crippen molar-refractivity contribution in [1.29, 1.82) is 0 Å². The van der Waals surface area contributed by atoms with E-state index in [9.17, 15) is 35.4 Å². The maximum Gasteiger partial charge on any atom is 0.217 e. The van der Waals surface area contributed by atoms with Gasteiger partial charge < -0.3 is 50.2 Å². The van der Waals surface area contributed by atoms with Crippen LogP contribution in [0.4, 0.5) is 0 Å². The van der Waals surface area contributed by atoms with Gasteiger partial charge in [0.25, 0.3) is 0 Å². The van der Waals surface area contributed by atoms with E-state index in [1.807, 2.05) is 0 Å². The molecule has 2 aliphatic heterocycles. The zero-order valence-electron chi connectivity index (χ0n) is 13.8. The van der Waals surface area contributed by atoms with Crippen LogP contribution in [-0.2, 0) is 19.0 Å². The summed E-state index contributed by atoms with van der Waals surface area (Å²) < 4.78 is 15.8. The Hall–Kier alpha value is -0.890. The van der Waals surface area contributed by atoms with E-state index in [-0.39, 0.29) is 0 Å². The van der Waals surface area contributed by atoms with E-state index in [4.69, 9.17) is 14.2 Å². The minimum Gasteiger partial charge on any atom is -0.394 e. The van der Waals surface area contributed by atoms with Crippen molar-refractivity contribution in [2.75, 3.05) is 6.61 Å². The molecular formula is C14H25NO10. The molecule has 11 heteroatoms. The molecule has 0 aliphatic carbocycles. The first-order valence-electron chi connectivity index (χ1n) is 7.92. The van der Waals surface area contributed by atoms with Crippen LogP contribution in [0.25, 0.3) is 0 Å². The molecule has 2 heterocycles. The van der Waals surface area contributed by atoms with Crippen LogP contribution in [0.3, 0.4) is 0 Å². The average Bonchev–Trinajstić information content (AvgIpc) is 2.56. The minimum atomic E-state index is -1.64. The highest BCUT2D eigenvalue weighted by Gasteiger charge is 2.50. The Kier molecular flexibility index (Phi) is 6.70. The number of aliphatic hydroxyl groups is 6. The zero-order chi connectivity index (χ0) is 18.9. The van der Waals surface area contributed by atoms with E-state index in [1.165, 1.54) is 13.8 Å². The first kappa shape index (κ1) is 20.4. The summed E-state index contributed by atoms with van der Waals surface area (Å²) in [5.41, 5.74) is 0. The van der Waals surface area contributed by atoms with Gasteiger partial charge in [-0.25, -0.2) is 0 Å². The second kappa shape index (κ2) is 8.20. The van der Waals surface area contributed by atoms with Gasteiger partial charge in [0.15, 0.2) is 12.6 Å². The fourth-order valence-electron chi connectivity index (χ4n) is 2.92. The third kappa shape index (κ3) is 4.27. The number of carbonyl (C=O) groups excluding carboxylic acids is 1. The lowest BCUT2D eigenvalue weighted by Gasteiger charge is -2.46. The van der Waals surface area contributed by atoms with Crippen molar-refractivity contribution >= 4 is 5.91 Å². The number of nitrogens with one attached hydrogen (secondary N) is 1. The minimum absolute atomic E-state index is 0.537. The van der Waals surface area contributed by atoms with Crippen LogP contribution in [0.15, 0.2) is 0 Å². The highest BCUT2D eigenvalue weighted by molar-refractivity contribution is 5.73. The number of rotatable bonds is 4. The summed E-state index contributed by atoms with van der Waals surface area (Å²) >= 11 is 0. The predicted octanol–water partition coefficient (Wildman–Crippen LogP) is -4.23. The molecule has 2 fully saturated rings. The molecule has 0 saturated carbocycles. The Balaban J connectivity index is 2.20. The molecule has 1 amide bonds. The van der Waals surface area contributed by atoms with Gasteiger partial charge in [0, 0.05) is 6.92 Å². The summed E-state index contributed by atoms with van der Waals surface area (Å²) in [5.74, 6) is -0.537. The number of carbonyl (C=O) groups is 1. The lowest BCUT2D eigenvalue weighted by molar-refractivity contribution is -0.337. The van der Waals surface area contributed by atoms with Gasteiger partial charge in [-0.2, -0.15) is 0 Å². The van der Waals surface area contributed by atoms with E-state index >= 15 is 0 Å². The van der Waals surface area contributed by atoms with Crippen molar-refractivity contribution in [2.45, 2.75) is 75.2 Å². The van der Waals surface area contributed by atoms with Gasteiger partial charge in [-0.1, -0.05) is 0 Å². The highest BCUT2D eigenvalue weighted by Crippen LogP contribution is 2.28. The Labute approximate surface area is 143 Å². The van der Waals surface area contributed by atoms with Crippen LogP contribution in [-0.4, -0.2) is 105 Å². The van der Waals surface area contributed by atoms with Gasteiger partial charge >= 0.3 is 0 Å². The normalized spacial score (nSPS) is 48.2. The van der Waals surface area contributed by atoms with Gasteiger partial charge in [-0.15, -0.1) is 0 Å². The van der Waals surface area contributed by atoms with Gasteiger partial charge in [0.05, 0.1) is 12.7 Å². The highest BCUT2D eigenvalue weighted by atomic mass is 16.7. The summed E-state index contributed by atoms with van der Waals surface area (Å²) in [6.45, 7) is 2.01. The molecule has 146 valence electrons. The van der Waals surface area contributed by atoms with Crippen molar-refractivity contribution in [2.24, 2.45) is 0 Å². The zero-order valence-corrected chi connectivity index (χ0v) is 13.8. The van der Waals surface area contributed by atoms with E-state index < -0.39 is 73.9 Å². The number of aliphatic hydroxyl groups excluding tert-OH is 6. The largest absolute Gasteiger partial charge is 0.394 e. The maximum atomic E-state index is 11.3. The molecule has 0 aromatic carbocycles. The van der Waals surface area contributed by atoms with Crippen LogP contribution >= 0.6 is 0 Å². The fourth-order valence-corrected chi connectivity index (χ4v) is 2.92. The molecule has 2 rings (SSSR count). The number of amides is 1. The second-order valence-electron chi connectivity index (χ2n) is 6.25. The van der Waals surface area contributed by atoms with Crippen LogP contribution in [0.5, 0.6) is 0 Å². The van der Waals surface area contributed by atoms with E-state index in [0.29, 0.717) is 0 Å². The summed E-state index contributed by atoms with van der Waals surface area (Å²) in [6.07, 6.45) is -12.4. The molecule has 7 N–H and O–H groups in total. The molecule has 0 unspecified atom stereocenters. The smallest absolute Gasteiger partial charge is 0.217 e. The van der Waals surface area contributed by atoms with Crippen molar-refractivity contribution in [1.82, 2.24) is 5.32 Å². The van der Waals surface area contributed by atoms with E-state index in [1.54, 1.807) is 0 Å². The second-order valence-corrected chi connectivity index (χ2v) is 6.25. The summed E-state index contributed by atoms with van der Waals surface area (Å²) in [4.78, 5) is 11.3. The van der Waals surface area contributed by atoms with E-state index in [0.717, 1.165) is 0 Å². The standard InChI is InChI=1S/C14H25NO10/c1-4-8(18)10(20)11(21)14(23-4)25-12-7(15-5(2)17)13(22)24-6(3-16)9(12)19/h4,6-14,16,18-22H,3H2,1-2H3,(H,15,17)/t4-,6+,7+,8-,9+,10+,11+,12+,13-,14-/m0/s1. The van der Waals surface area contributed by atoms with E-state index in [2.05, 4.69) is 5.32 Å². The molecule has 11 nitrogen and oxygen atoms in total.